The number of hydrogen-bond acceptors (Lipinski definition) is 4. The van der Waals surface area contributed by atoms with Crippen LogP contribution in [0.2, 0.25) is 0 Å². The fourth-order valence-electron chi connectivity index (χ4n) is 0.936. The van der Waals surface area contributed by atoms with E-state index in [1.807, 2.05) is 0 Å². The zero-order chi connectivity index (χ0) is 10.6. The predicted octanol–water partition coefficient (Wildman–Crippen LogP) is 1.76. The van der Waals surface area contributed by atoms with Crippen LogP contribution in [-0.4, -0.2) is 9.82 Å². The summed E-state index contributed by atoms with van der Waals surface area (Å²) in [5, 5.41) is 10.5. The summed E-state index contributed by atoms with van der Waals surface area (Å²) >= 11 is 0. The van der Waals surface area contributed by atoms with Gasteiger partial charge < -0.3 is 0 Å². The second-order valence-electron chi connectivity index (χ2n) is 2.40. The van der Waals surface area contributed by atoms with Gasteiger partial charge in [0, 0.05) is 10.6 Å². The fourth-order valence-corrected chi connectivity index (χ4v) is 1.19. The highest BCUT2D eigenvalue weighted by Crippen LogP contribution is 2.23. The van der Waals surface area contributed by atoms with Crippen LogP contribution in [0, 0.1) is 10.1 Å². The first-order valence-corrected chi connectivity index (χ1v) is 4.75. The first-order valence-electron chi connectivity index (χ1n) is 3.62. The van der Waals surface area contributed by atoms with Crippen molar-refractivity contribution in [3.05, 3.63) is 39.9 Å². The third kappa shape index (κ3) is 2.85. The molecule has 0 amide bonds. The standard InChI is InChI=1S/C7H6NO5P/c9-8(10)7-4-2-1-3-6(7)5-13-14(11)12/h1-4H,5H2/p+1. The molecule has 0 bridgehead atoms. The minimum Gasteiger partial charge on any atom is -0.258 e. The first kappa shape index (κ1) is 10.7. The van der Waals surface area contributed by atoms with Gasteiger partial charge in [0.15, 0.2) is 0 Å². The quantitative estimate of drug-likeness (QED) is 0.470. The molecule has 1 rings (SSSR count). The van der Waals surface area contributed by atoms with Gasteiger partial charge in [0.05, 0.1) is 10.5 Å². The van der Waals surface area contributed by atoms with Crippen LogP contribution in [0.3, 0.4) is 0 Å². The third-order valence-electron chi connectivity index (χ3n) is 1.52. The molecule has 0 saturated carbocycles. The Kier molecular flexibility index (Phi) is 3.64. The summed E-state index contributed by atoms with van der Waals surface area (Å²) in [5.41, 5.74) is 0.152. The topological polar surface area (TPSA) is 89.7 Å². The predicted molar refractivity (Wildman–Crippen MR) is 47.7 cm³/mol. The second kappa shape index (κ2) is 4.76. The highest BCUT2D eigenvalue weighted by Gasteiger charge is 2.18. The van der Waals surface area contributed by atoms with Crippen LogP contribution in [-0.2, 0) is 15.7 Å². The fraction of sp³-hybridized carbons (Fsp3) is 0.143. The molecule has 1 unspecified atom stereocenters. The van der Waals surface area contributed by atoms with Gasteiger partial charge in [0.2, 0.25) is 0 Å². The molecule has 0 fully saturated rings. The minimum absolute atomic E-state index is 0.121. The van der Waals surface area contributed by atoms with E-state index in [0.717, 1.165) is 0 Å². The number of nitro groups is 1. The Morgan fingerprint density at radius 1 is 1.50 bits per heavy atom. The lowest BCUT2D eigenvalue weighted by molar-refractivity contribution is -0.385. The maximum Gasteiger partial charge on any atom is 0.695 e. The summed E-state index contributed by atoms with van der Waals surface area (Å²) in [6, 6.07) is 5.89. The van der Waals surface area contributed by atoms with Crippen LogP contribution in [0.25, 0.3) is 0 Å². The van der Waals surface area contributed by atoms with Gasteiger partial charge in [-0.2, -0.15) is 0 Å². The van der Waals surface area contributed by atoms with Crippen molar-refractivity contribution < 1.29 is 18.9 Å². The molecule has 14 heavy (non-hydrogen) atoms. The smallest absolute Gasteiger partial charge is 0.258 e. The molecule has 0 aliphatic rings. The molecule has 1 atom stereocenters. The number of para-hydroxylation sites is 1. The van der Waals surface area contributed by atoms with Crippen LogP contribution in [0.15, 0.2) is 24.3 Å². The Morgan fingerprint density at radius 3 is 2.71 bits per heavy atom. The van der Waals surface area contributed by atoms with E-state index in [1.54, 1.807) is 6.07 Å². The average Bonchev–Trinajstić information content (AvgIpc) is 2.15. The van der Waals surface area contributed by atoms with Gasteiger partial charge in [-0.1, -0.05) is 12.1 Å². The Hall–Kier alpha value is -1.36. The molecule has 0 heterocycles. The Balaban J connectivity index is 2.84. The molecule has 0 aliphatic carbocycles. The maximum absolute atomic E-state index is 10.5. The van der Waals surface area contributed by atoms with E-state index in [1.165, 1.54) is 18.2 Å². The summed E-state index contributed by atoms with van der Waals surface area (Å²) in [6.07, 6.45) is 0. The van der Waals surface area contributed by atoms with E-state index in [9.17, 15) is 14.7 Å². The van der Waals surface area contributed by atoms with Crippen LogP contribution in [0.5, 0.6) is 0 Å². The molecule has 74 valence electrons. The molecule has 1 aromatic rings. The van der Waals surface area contributed by atoms with Crippen LogP contribution in [0.1, 0.15) is 5.56 Å². The van der Waals surface area contributed by atoms with Crippen LogP contribution in [0.4, 0.5) is 5.69 Å². The lowest BCUT2D eigenvalue weighted by Gasteiger charge is -1.96. The van der Waals surface area contributed by atoms with Gasteiger partial charge in [-0.15, -0.1) is 9.42 Å². The van der Waals surface area contributed by atoms with E-state index < -0.39 is 13.2 Å². The number of benzene rings is 1. The van der Waals surface area contributed by atoms with E-state index in [0.29, 0.717) is 0 Å². The van der Waals surface area contributed by atoms with Crippen molar-refractivity contribution >= 4 is 13.9 Å². The lowest BCUT2D eigenvalue weighted by Crippen LogP contribution is -1.95. The third-order valence-corrected chi connectivity index (χ3v) is 1.87. The van der Waals surface area contributed by atoms with E-state index in [2.05, 4.69) is 4.52 Å². The summed E-state index contributed by atoms with van der Waals surface area (Å²) < 4.78 is 14.6. The van der Waals surface area contributed by atoms with Crippen molar-refractivity contribution in [1.29, 1.82) is 0 Å². The zero-order valence-corrected chi connectivity index (χ0v) is 7.89. The lowest BCUT2D eigenvalue weighted by atomic mass is 10.2. The zero-order valence-electron chi connectivity index (χ0n) is 6.99. The maximum atomic E-state index is 10.5. The van der Waals surface area contributed by atoms with Crippen molar-refractivity contribution in [1.82, 2.24) is 0 Å². The molecule has 0 radical (unpaired) electrons. The Labute approximate surface area is 80.2 Å². The number of nitro benzene ring substituents is 1. The molecule has 0 saturated heterocycles. The SMILES string of the molecule is O=[N+]([O-])c1ccccc1CO[P+](=O)O. The molecular formula is C7H7NO5P+. The Bertz CT molecular complexity index is 367. The molecule has 0 aromatic heterocycles. The number of nitrogens with zero attached hydrogens (tertiary/aromatic N) is 1. The second-order valence-corrected chi connectivity index (χ2v) is 3.13. The molecule has 0 aliphatic heterocycles. The summed E-state index contributed by atoms with van der Waals surface area (Å²) in [7, 11) is -2.73. The van der Waals surface area contributed by atoms with Gasteiger partial charge in [0.25, 0.3) is 5.69 Å². The van der Waals surface area contributed by atoms with Crippen LogP contribution >= 0.6 is 8.25 Å². The molecule has 1 N–H and O–H groups in total. The monoisotopic (exact) mass is 216 g/mol. The van der Waals surface area contributed by atoms with Crippen molar-refractivity contribution in [2.45, 2.75) is 6.61 Å². The molecule has 1 aromatic carbocycles. The summed E-state index contributed by atoms with van der Waals surface area (Å²) in [5.74, 6) is 0. The van der Waals surface area contributed by atoms with Crippen LogP contribution < -0.4 is 0 Å². The average molecular weight is 216 g/mol. The van der Waals surface area contributed by atoms with E-state index in [4.69, 9.17) is 4.89 Å². The first-order chi connectivity index (χ1) is 6.61. The molecule has 6 nitrogen and oxygen atoms in total. The summed E-state index contributed by atoms with van der Waals surface area (Å²) in [4.78, 5) is 18.3. The highest BCUT2D eigenvalue weighted by molar-refractivity contribution is 7.32. The number of rotatable bonds is 4. The van der Waals surface area contributed by atoms with Gasteiger partial charge in [-0.25, -0.2) is 0 Å². The van der Waals surface area contributed by atoms with Crippen molar-refractivity contribution in [2.75, 3.05) is 0 Å². The van der Waals surface area contributed by atoms with Gasteiger partial charge in [-0.05, 0) is 6.07 Å². The van der Waals surface area contributed by atoms with Gasteiger partial charge in [0.1, 0.15) is 6.61 Å². The number of hydrogen-bond donors (Lipinski definition) is 1. The van der Waals surface area contributed by atoms with Gasteiger partial charge in [-0.3, -0.25) is 10.1 Å². The van der Waals surface area contributed by atoms with Crippen molar-refractivity contribution in [3.63, 3.8) is 0 Å². The highest BCUT2D eigenvalue weighted by atomic mass is 31.1. The van der Waals surface area contributed by atoms with Crippen molar-refractivity contribution in [3.8, 4) is 0 Å². The molecule has 0 spiro atoms. The largest absolute Gasteiger partial charge is 0.695 e. The minimum atomic E-state index is -2.73. The van der Waals surface area contributed by atoms with E-state index >= 15 is 0 Å². The van der Waals surface area contributed by atoms with Crippen molar-refractivity contribution in [2.24, 2.45) is 0 Å². The van der Waals surface area contributed by atoms with E-state index in [-0.39, 0.29) is 17.9 Å². The molecule has 7 heteroatoms. The Morgan fingerprint density at radius 2 is 2.14 bits per heavy atom. The molecular weight excluding hydrogens is 209 g/mol. The van der Waals surface area contributed by atoms with Gasteiger partial charge >= 0.3 is 8.25 Å². The normalized spacial score (nSPS) is 11.1. The summed E-state index contributed by atoms with van der Waals surface area (Å²) in [6.45, 7) is -0.247.